The summed E-state index contributed by atoms with van der Waals surface area (Å²) in [5, 5.41) is 0. The zero-order chi connectivity index (χ0) is 10.6. The first kappa shape index (κ1) is 11.1. The van der Waals surface area contributed by atoms with Crippen LogP contribution < -0.4 is 9.62 Å². The molecule has 1 N–H and O–H groups in total. The zero-order valence-electron chi connectivity index (χ0n) is 7.33. The van der Waals surface area contributed by atoms with Crippen LogP contribution in [-0.4, -0.2) is 13.1 Å². The molecule has 0 atom stereocenters. The minimum atomic E-state index is -0.477. The molecule has 6 heteroatoms. The Kier molecular flexibility index (Phi) is 4.03. The molecule has 3 nitrogen and oxygen atoms in total. The molecule has 0 saturated carbocycles. The number of hydrogen-bond donors (Lipinski definition) is 1. The van der Waals surface area contributed by atoms with Gasteiger partial charge in [0.2, 0.25) is 0 Å². The number of rotatable bonds is 2. The zero-order valence-corrected chi connectivity index (χ0v) is 8.90. The van der Waals surface area contributed by atoms with Gasteiger partial charge in [0.25, 0.3) is 0 Å². The van der Waals surface area contributed by atoms with Gasteiger partial charge in [0.1, 0.15) is 5.82 Å². The molecule has 0 aliphatic carbocycles. The van der Waals surface area contributed by atoms with Crippen LogP contribution in [0.1, 0.15) is 0 Å². The fourth-order valence-corrected chi connectivity index (χ4v) is 1.34. The van der Waals surface area contributed by atoms with Crippen LogP contribution >= 0.6 is 21.8 Å². The van der Waals surface area contributed by atoms with Crippen molar-refractivity contribution in [3.63, 3.8) is 0 Å². The SMILES string of the molecule is CN(C(=O)NSCl)c1ccccc1F. The van der Waals surface area contributed by atoms with Gasteiger partial charge in [-0.15, -0.1) is 0 Å². The highest BCUT2D eigenvalue weighted by atomic mass is 35.7. The van der Waals surface area contributed by atoms with Crippen molar-refractivity contribution in [1.82, 2.24) is 4.72 Å². The quantitative estimate of drug-likeness (QED) is 0.798. The number of carbonyl (C=O) groups is 1. The Hall–Kier alpha value is -0.940. The normalized spacial score (nSPS) is 9.64. The summed E-state index contributed by atoms with van der Waals surface area (Å²) in [6.07, 6.45) is 0. The topological polar surface area (TPSA) is 32.3 Å². The average Bonchev–Trinajstić information content (AvgIpc) is 2.18. The van der Waals surface area contributed by atoms with E-state index in [9.17, 15) is 9.18 Å². The highest BCUT2D eigenvalue weighted by Gasteiger charge is 2.13. The number of anilines is 1. The molecule has 0 heterocycles. The van der Waals surface area contributed by atoms with Crippen molar-refractivity contribution in [2.45, 2.75) is 0 Å². The first-order chi connectivity index (χ1) is 6.66. The molecule has 1 aromatic carbocycles. The van der Waals surface area contributed by atoms with E-state index < -0.39 is 11.8 Å². The van der Waals surface area contributed by atoms with E-state index in [-0.39, 0.29) is 5.69 Å². The minimum Gasteiger partial charge on any atom is -0.294 e. The van der Waals surface area contributed by atoms with Gasteiger partial charge >= 0.3 is 6.03 Å². The fourth-order valence-electron chi connectivity index (χ4n) is 0.935. The third-order valence-electron chi connectivity index (χ3n) is 1.64. The number of carbonyl (C=O) groups excluding carboxylic acids is 1. The predicted molar refractivity (Wildman–Crippen MR) is 56.8 cm³/mol. The Morgan fingerprint density at radius 2 is 2.21 bits per heavy atom. The summed E-state index contributed by atoms with van der Waals surface area (Å²) in [7, 11) is 6.69. The second-order valence-corrected chi connectivity index (χ2v) is 3.32. The Morgan fingerprint density at radius 3 is 2.79 bits per heavy atom. The summed E-state index contributed by atoms with van der Waals surface area (Å²) in [4.78, 5) is 12.4. The molecule has 0 spiro atoms. The van der Waals surface area contributed by atoms with Crippen molar-refractivity contribution in [3.05, 3.63) is 30.1 Å². The van der Waals surface area contributed by atoms with Gasteiger partial charge in [-0.2, -0.15) is 0 Å². The van der Waals surface area contributed by atoms with Gasteiger partial charge in [0, 0.05) is 7.05 Å². The summed E-state index contributed by atoms with van der Waals surface area (Å²) in [6.45, 7) is 0. The first-order valence-electron chi connectivity index (χ1n) is 3.72. The van der Waals surface area contributed by atoms with Gasteiger partial charge in [-0.05, 0) is 22.8 Å². The van der Waals surface area contributed by atoms with E-state index in [1.54, 1.807) is 12.1 Å². The van der Waals surface area contributed by atoms with E-state index in [0.717, 1.165) is 4.90 Å². The molecule has 0 radical (unpaired) electrons. The first-order valence-corrected chi connectivity index (χ1v) is 5.37. The summed E-state index contributed by atoms with van der Waals surface area (Å²) in [5.41, 5.74) is 0.204. The number of nitrogens with zero attached hydrogens (tertiary/aromatic N) is 1. The smallest absolute Gasteiger partial charge is 0.294 e. The Labute approximate surface area is 89.9 Å². The molecular formula is C8H8ClFN2OS. The number of halogens is 2. The van der Waals surface area contributed by atoms with E-state index in [2.05, 4.69) is 4.72 Å². The monoisotopic (exact) mass is 234 g/mol. The number of benzene rings is 1. The van der Waals surface area contributed by atoms with Crippen molar-refractivity contribution in [1.29, 1.82) is 0 Å². The molecule has 0 aliphatic rings. The molecule has 76 valence electrons. The van der Waals surface area contributed by atoms with Gasteiger partial charge in [0.15, 0.2) is 0 Å². The lowest BCUT2D eigenvalue weighted by Gasteiger charge is -2.16. The van der Waals surface area contributed by atoms with Crippen LogP contribution in [0.3, 0.4) is 0 Å². The summed E-state index contributed by atoms with van der Waals surface area (Å²) in [6, 6.07) is 5.52. The minimum absolute atomic E-state index is 0.204. The van der Waals surface area contributed by atoms with Crippen LogP contribution in [-0.2, 0) is 0 Å². The van der Waals surface area contributed by atoms with Gasteiger partial charge < -0.3 is 0 Å². The highest BCUT2D eigenvalue weighted by Crippen LogP contribution is 2.17. The van der Waals surface area contributed by atoms with Crippen molar-refractivity contribution >= 4 is 33.6 Å². The van der Waals surface area contributed by atoms with E-state index >= 15 is 0 Å². The number of para-hydroxylation sites is 1. The van der Waals surface area contributed by atoms with Crippen molar-refractivity contribution in [2.75, 3.05) is 11.9 Å². The lowest BCUT2D eigenvalue weighted by atomic mass is 10.3. The molecule has 0 aromatic heterocycles. The van der Waals surface area contributed by atoms with Crippen LogP contribution in [0.5, 0.6) is 0 Å². The van der Waals surface area contributed by atoms with E-state index in [1.807, 2.05) is 0 Å². The largest absolute Gasteiger partial charge is 0.332 e. The number of hydrogen-bond acceptors (Lipinski definition) is 2. The van der Waals surface area contributed by atoms with Crippen LogP contribution in [0.4, 0.5) is 14.9 Å². The molecule has 0 unspecified atom stereocenters. The maximum Gasteiger partial charge on any atom is 0.332 e. The van der Waals surface area contributed by atoms with Gasteiger partial charge in [-0.3, -0.25) is 9.62 Å². The third kappa shape index (κ3) is 2.52. The second-order valence-electron chi connectivity index (χ2n) is 2.49. The Bertz CT molecular complexity index is 337. The molecule has 1 rings (SSSR count). The molecule has 1 aromatic rings. The lowest BCUT2D eigenvalue weighted by molar-refractivity contribution is 0.252. The van der Waals surface area contributed by atoms with E-state index in [1.165, 1.54) is 19.2 Å². The van der Waals surface area contributed by atoms with E-state index in [4.69, 9.17) is 10.7 Å². The van der Waals surface area contributed by atoms with Crippen LogP contribution in [0.2, 0.25) is 0 Å². The van der Waals surface area contributed by atoms with Crippen LogP contribution in [0, 0.1) is 5.82 Å². The average molecular weight is 235 g/mol. The molecule has 14 heavy (non-hydrogen) atoms. The maximum atomic E-state index is 13.2. The van der Waals surface area contributed by atoms with Gasteiger partial charge in [0.05, 0.1) is 16.8 Å². The second kappa shape index (κ2) is 5.07. The molecule has 0 saturated heterocycles. The standard InChI is InChI=1S/C8H8ClFN2OS/c1-12(8(13)11-14-9)7-5-3-2-4-6(7)10/h2-5H,1H3,(H,11,13). The predicted octanol–water partition coefficient (Wildman–Crippen LogP) is 2.77. The molecule has 2 amide bonds. The summed E-state index contributed by atoms with van der Waals surface area (Å²) in [5.74, 6) is -0.454. The molecular weight excluding hydrogens is 227 g/mol. The van der Waals surface area contributed by atoms with Crippen LogP contribution in [0.25, 0.3) is 0 Å². The third-order valence-corrected chi connectivity index (χ3v) is 2.13. The number of nitrogens with one attached hydrogen (secondary N) is 1. The Balaban J connectivity index is 2.84. The van der Waals surface area contributed by atoms with Gasteiger partial charge in [-0.1, -0.05) is 12.1 Å². The van der Waals surface area contributed by atoms with Gasteiger partial charge in [-0.25, -0.2) is 9.18 Å². The maximum absolute atomic E-state index is 13.2. The Morgan fingerprint density at radius 1 is 1.57 bits per heavy atom. The fraction of sp³-hybridized carbons (Fsp3) is 0.125. The van der Waals surface area contributed by atoms with Crippen molar-refractivity contribution in [3.8, 4) is 0 Å². The van der Waals surface area contributed by atoms with Crippen molar-refractivity contribution in [2.24, 2.45) is 0 Å². The molecule has 0 fully saturated rings. The lowest BCUT2D eigenvalue weighted by Crippen LogP contribution is -2.33. The number of urea groups is 1. The number of amides is 2. The molecule has 0 bridgehead atoms. The highest BCUT2D eigenvalue weighted by molar-refractivity contribution is 8.19. The summed E-state index contributed by atoms with van der Waals surface area (Å²) >= 11 is 0.647. The van der Waals surface area contributed by atoms with Crippen molar-refractivity contribution < 1.29 is 9.18 Å². The molecule has 0 aliphatic heterocycles. The van der Waals surface area contributed by atoms with E-state index in [0.29, 0.717) is 11.2 Å². The van der Waals surface area contributed by atoms with Crippen LogP contribution in [0.15, 0.2) is 24.3 Å². The summed E-state index contributed by atoms with van der Waals surface area (Å²) < 4.78 is 15.5.